The number of carbonyl (C=O) groups is 4. The third kappa shape index (κ3) is 14.0. The number of alkyl halides is 6. The lowest BCUT2D eigenvalue weighted by Crippen LogP contribution is -2.63. The zero-order chi connectivity index (χ0) is 56.7. The van der Waals surface area contributed by atoms with Crippen LogP contribution >= 0.6 is 0 Å². The lowest BCUT2D eigenvalue weighted by Gasteiger charge is -2.47. The lowest BCUT2D eigenvalue weighted by atomic mass is 9.82. The van der Waals surface area contributed by atoms with Crippen LogP contribution in [0.1, 0.15) is 62.8 Å². The Hall–Kier alpha value is -7.07. The minimum Gasteiger partial charge on any atom is -0.453 e. The normalized spacial score (nSPS) is 18.6. The summed E-state index contributed by atoms with van der Waals surface area (Å²) in [5.41, 5.74) is -0.629. The van der Waals surface area contributed by atoms with Gasteiger partial charge >= 0.3 is 24.5 Å². The molecule has 24 heteroatoms. The van der Waals surface area contributed by atoms with Gasteiger partial charge in [0.2, 0.25) is 5.91 Å². The monoisotopic (exact) mass is 1100 g/mol. The number of methoxy groups -OCH3 is 2. The maximum Gasteiger partial charge on any atom is 0.407 e. The first kappa shape index (κ1) is 58.6. The smallest absolute Gasteiger partial charge is 0.407 e. The molecule has 3 aliphatic heterocycles. The summed E-state index contributed by atoms with van der Waals surface area (Å²) in [5.74, 6) is 3.63. The number of aromatic nitrogens is 2. The zero-order valence-corrected chi connectivity index (χ0v) is 43.7. The van der Waals surface area contributed by atoms with Crippen LogP contribution in [0.2, 0.25) is 0 Å². The van der Waals surface area contributed by atoms with Crippen LogP contribution in [0.25, 0.3) is 11.3 Å². The molecule has 7 rings (SSSR count). The fraction of sp³-hybridized carbons (Fsp3) is 0.481. The summed E-state index contributed by atoms with van der Waals surface area (Å²) in [7, 11) is 1.76. The number of nitrogens with zero attached hydrogens (tertiary/aromatic N) is 5. The molecule has 5 heterocycles. The predicted octanol–water partition coefficient (Wildman–Crippen LogP) is 6.28. The number of halogens is 7. The van der Waals surface area contributed by atoms with Gasteiger partial charge < -0.3 is 40.2 Å². The van der Waals surface area contributed by atoms with Crippen molar-refractivity contribution in [1.29, 1.82) is 0 Å². The molecule has 6 atom stereocenters. The van der Waals surface area contributed by atoms with Crippen molar-refractivity contribution < 1.29 is 69.2 Å². The second-order valence-corrected chi connectivity index (χ2v) is 20.7. The Balaban J connectivity index is 1.15. The van der Waals surface area contributed by atoms with Gasteiger partial charge in [-0.2, -0.15) is 26.3 Å². The quantitative estimate of drug-likeness (QED) is 0.0424. The van der Waals surface area contributed by atoms with Gasteiger partial charge in [0.25, 0.3) is 5.91 Å². The maximum absolute atomic E-state index is 14.6. The van der Waals surface area contributed by atoms with Crippen molar-refractivity contribution in [2.24, 2.45) is 10.8 Å². The van der Waals surface area contributed by atoms with Crippen molar-refractivity contribution >= 4 is 29.8 Å². The number of rotatable bonds is 18. The second kappa shape index (κ2) is 24.3. The summed E-state index contributed by atoms with van der Waals surface area (Å²) in [6.45, 7) is 4.90. The summed E-state index contributed by atoms with van der Waals surface area (Å²) in [5, 5.41) is 19.4. The van der Waals surface area contributed by atoms with Gasteiger partial charge in [0.15, 0.2) is 0 Å². The molecule has 0 aliphatic carbocycles. The van der Waals surface area contributed by atoms with Crippen molar-refractivity contribution in [3.8, 4) is 23.1 Å². The van der Waals surface area contributed by atoms with Crippen LogP contribution in [-0.4, -0.2) is 151 Å². The van der Waals surface area contributed by atoms with E-state index in [2.05, 4.69) is 46.8 Å². The number of aliphatic hydroxyl groups is 1. The summed E-state index contributed by atoms with van der Waals surface area (Å²) >= 11 is 0. The van der Waals surface area contributed by atoms with Gasteiger partial charge in [-0.15, -0.1) is 0 Å². The Labute approximate surface area is 446 Å². The van der Waals surface area contributed by atoms with Crippen molar-refractivity contribution in [2.45, 2.75) is 108 Å². The lowest BCUT2D eigenvalue weighted by molar-refractivity contribution is -0.221. The molecule has 3 saturated heterocycles. The molecule has 2 bridgehead atoms. The van der Waals surface area contributed by atoms with E-state index >= 15 is 0 Å². The second-order valence-electron chi connectivity index (χ2n) is 20.7. The molecule has 4 amide bonds. The van der Waals surface area contributed by atoms with Crippen LogP contribution in [0.3, 0.4) is 0 Å². The third-order valence-electron chi connectivity index (χ3n) is 14.6. The number of piperazine rings is 1. The van der Waals surface area contributed by atoms with E-state index in [-0.39, 0.29) is 13.0 Å². The number of nitrogens with one attached hydrogen (secondary N) is 4. The number of hydrogen-bond acceptors (Lipinski definition) is 13. The van der Waals surface area contributed by atoms with Gasteiger partial charge in [-0.25, -0.2) is 24.0 Å². The van der Waals surface area contributed by atoms with Crippen LogP contribution < -0.4 is 26.3 Å². The van der Waals surface area contributed by atoms with Crippen molar-refractivity contribution in [3.63, 3.8) is 0 Å². The van der Waals surface area contributed by atoms with Crippen LogP contribution in [0.15, 0.2) is 85.2 Å². The van der Waals surface area contributed by atoms with Crippen molar-refractivity contribution in [3.05, 3.63) is 113 Å². The third-order valence-corrected chi connectivity index (χ3v) is 14.6. The highest BCUT2D eigenvalue weighted by Gasteiger charge is 2.57. The zero-order valence-electron chi connectivity index (χ0n) is 43.7. The minimum atomic E-state index is -5.08. The molecular weight excluding hydrogens is 1040 g/mol. The molecular formula is C54H62F7N9O8. The summed E-state index contributed by atoms with van der Waals surface area (Å²) < 4.78 is 115. The number of anilines is 1. The highest BCUT2D eigenvalue weighted by Crippen LogP contribution is 2.42. The number of aliphatic hydroxyl groups excluding tert-OH is 1. The Bertz CT molecular complexity index is 2780. The molecule has 78 heavy (non-hydrogen) atoms. The summed E-state index contributed by atoms with van der Waals surface area (Å²) in [6, 6.07) is 14.3. The predicted molar refractivity (Wildman–Crippen MR) is 270 cm³/mol. The topological polar surface area (TPSA) is 200 Å². The first-order valence-electron chi connectivity index (χ1n) is 25.0. The summed E-state index contributed by atoms with van der Waals surface area (Å²) in [6.07, 6.45) is -10.1. The molecule has 0 saturated carbocycles. The molecule has 2 aromatic heterocycles. The van der Waals surface area contributed by atoms with E-state index in [9.17, 15) is 55.0 Å². The number of benzene rings is 2. The van der Waals surface area contributed by atoms with E-state index < -0.39 is 83.8 Å². The average Bonchev–Trinajstić information content (AvgIpc) is 3.83. The van der Waals surface area contributed by atoms with Gasteiger partial charge in [-0.1, -0.05) is 48.2 Å². The molecule has 5 N–H and O–H groups in total. The van der Waals surface area contributed by atoms with E-state index in [1.807, 2.05) is 22.8 Å². The van der Waals surface area contributed by atoms with Gasteiger partial charge in [0.1, 0.15) is 23.7 Å². The molecule has 2 unspecified atom stereocenters. The van der Waals surface area contributed by atoms with Crippen LogP contribution in [0.4, 0.5) is 46.1 Å². The minimum absolute atomic E-state index is 0.303. The van der Waals surface area contributed by atoms with Gasteiger partial charge in [-0.3, -0.25) is 24.9 Å². The maximum atomic E-state index is 14.6. The Morgan fingerprint density at radius 2 is 1.27 bits per heavy atom. The Morgan fingerprint density at radius 1 is 0.718 bits per heavy atom. The first-order chi connectivity index (χ1) is 36.8. The SMILES string of the molecule is COC(=O)N[C@H](C(=O)N[C@@H](Cc1ccc(C#Cc2ccc(N3CC4CCC(C3)N4C3COC3)nc2)cc1)[C@@H](O)CN(Cc1ccc(-c2ccc(F)cn2)cc1)NC(=O)[C@@H](NC(=O)OC)C(C)(C)C(F)(F)F)C(C)(C)C(F)(F)F. The molecule has 3 fully saturated rings. The van der Waals surface area contributed by atoms with E-state index in [0.29, 0.717) is 79.3 Å². The standard InChI is InChI=1S/C54H62F7N9O8/c1-51(2,53(56,57)58)45(65-49(74)76-5)47(72)64-42(23-33-10-7-32(8-11-33)9-12-34-15-22-44(63-24-34)68-27-38-19-20-39(28-68)70(38)40-30-78-31-40)43(71)29-69(26-35-13-16-36(17-14-35)41-21-18-37(55)25-62-41)67-48(73)46(66-50(75)77-6)52(3,4)54(59,60)61/h7-8,10-11,13-18,21-22,24-25,38-40,42-43,45-46,71H,19-20,23,26-31H2,1-6H3,(H,64,72)(H,65,74)(H,66,75)(H,67,73)/t38?,39?,42-,43-,45+,46+/m0/s1. The summed E-state index contributed by atoms with van der Waals surface area (Å²) in [4.78, 5) is 66.6. The van der Waals surface area contributed by atoms with Crippen LogP contribution in [-0.2, 0) is 36.8 Å². The van der Waals surface area contributed by atoms with Crippen molar-refractivity contribution in [1.82, 2.24) is 41.3 Å². The van der Waals surface area contributed by atoms with Crippen LogP contribution in [0, 0.1) is 28.5 Å². The number of fused-ring (bicyclic) bond motifs is 2. The molecule has 4 aromatic rings. The number of hydrogen-bond donors (Lipinski definition) is 5. The number of amides is 4. The van der Waals surface area contributed by atoms with E-state index in [1.54, 1.807) is 54.7 Å². The van der Waals surface area contributed by atoms with Gasteiger partial charge in [0.05, 0.1) is 68.3 Å². The van der Waals surface area contributed by atoms with Crippen molar-refractivity contribution in [2.75, 3.05) is 52.0 Å². The van der Waals surface area contributed by atoms with E-state index in [1.165, 1.54) is 12.1 Å². The molecule has 17 nitrogen and oxygen atoms in total. The molecule has 0 spiro atoms. The Morgan fingerprint density at radius 3 is 1.77 bits per heavy atom. The molecule has 0 radical (unpaired) electrons. The van der Waals surface area contributed by atoms with E-state index in [0.717, 1.165) is 70.4 Å². The largest absolute Gasteiger partial charge is 0.453 e. The molecule has 420 valence electrons. The highest BCUT2D eigenvalue weighted by atomic mass is 19.4. The number of pyridine rings is 2. The number of alkyl carbamates (subject to hydrolysis) is 2. The van der Waals surface area contributed by atoms with Gasteiger partial charge in [0, 0.05) is 61.1 Å². The van der Waals surface area contributed by atoms with Crippen LogP contribution in [0.5, 0.6) is 0 Å². The number of hydrazine groups is 1. The molecule has 2 aromatic carbocycles. The Kier molecular flexibility index (Phi) is 18.3. The fourth-order valence-corrected chi connectivity index (χ4v) is 9.53. The number of ether oxygens (including phenoxy) is 3. The van der Waals surface area contributed by atoms with Gasteiger partial charge in [-0.05, 0) is 94.5 Å². The first-order valence-corrected chi connectivity index (χ1v) is 25.0. The average molecular weight is 1100 g/mol. The fourth-order valence-electron chi connectivity index (χ4n) is 9.53. The highest BCUT2D eigenvalue weighted by molar-refractivity contribution is 5.87. The van der Waals surface area contributed by atoms with E-state index in [4.69, 9.17) is 9.72 Å². The number of carbonyl (C=O) groups excluding carboxylic acids is 4. The molecule has 3 aliphatic rings.